The molecular formula is C26H18Cl2N2O5. The molecule has 6 rings (SSSR count). The highest BCUT2D eigenvalue weighted by molar-refractivity contribution is 6.42. The molecule has 0 aromatic heterocycles. The molecule has 0 saturated carbocycles. The molecule has 1 aliphatic carbocycles. The third kappa shape index (κ3) is 3.12. The van der Waals surface area contributed by atoms with E-state index in [4.69, 9.17) is 32.7 Å². The molecule has 3 aliphatic rings. The molecule has 3 aromatic carbocycles. The Labute approximate surface area is 210 Å². The van der Waals surface area contributed by atoms with Crippen LogP contribution in [0.25, 0.3) is 0 Å². The van der Waals surface area contributed by atoms with E-state index in [0.717, 1.165) is 0 Å². The van der Waals surface area contributed by atoms with Crippen LogP contribution in [0.2, 0.25) is 10.0 Å². The maximum atomic E-state index is 13.8. The molecule has 7 nitrogen and oxygen atoms in total. The van der Waals surface area contributed by atoms with Gasteiger partial charge >= 0.3 is 5.97 Å². The molecule has 0 bridgehead atoms. The summed E-state index contributed by atoms with van der Waals surface area (Å²) in [6.07, 6.45) is -1.64. The van der Waals surface area contributed by atoms with Crippen molar-refractivity contribution in [2.75, 3.05) is 5.32 Å². The fourth-order valence-electron chi connectivity index (χ4n) is 5.53. The number of nitrogens with zero attached hydrogens (tertiary/aromatic N) is 1. The summed E-state index contributed by atoms with van der Waals surface area (Å²) in [5.74, 6) is -3.06. The van der Waals surface area contributed by atoms with Gasteiger partial charge in [0.1, 0.15) is 11.6 Å². The molecule has 2 N–H and O–H groups in total. The van der Waals surface area contributed by atoms with Gasteiger partial charge in [-0.1, -0.05) is 83.0 Å². The molecule has 2 heterocycles. The first kappa shape index (κ1) is 22.1. The van der Waals surface area contributed by atoms with Crippen molar-refractivity contribution in [1.82, 2.24) is 0 Å². The molecule has 176 valence electrons. The second-order valence-electron chi connectivity index (χ2n) is 8.72. The van der Waals surface area contributed by atoms with E-state index in [-0.39, 0.29) is 10.7 Å². The van der Waals surface area contributed by atoms with Gasteiger partial charge in [0.05, 0.1) is 22.1 Å². The van der Waals surface area contributed by atoms with Crippen molar-refractivity contribution in [3.8, 4) is 0 Å². The first-order valence-electron chi connectivity index (χ1n) is 11.0. The number of carbonyl (C=O) groups excluding carboxylic acids is 2. The van der Waals surface area contributed by atoms with E-state index < -0.39 is 41.5 Å². The normalized spacial score (nSPS) is 29.4. The summed E-state index contributed by atoms with van der Waals surface area (Å²) in [4.78, 5) is 27.1. The summed E-state index contributed by atoms with van der Waals surface area (Å²) < 4.78 is 12.4. The van der Waals surface area contributed by atoms with Gasteiger partial charge in [0.25, 0.3) is 0 Å². The largest absolute Gasteiger partial charge is 0.454 e. The van der Waals surface area contributed by atoms with Crippen molar-refractivity contribution in [2.45, 2.75) is 17.8 Å². The number of esters is 1. The zero-order chi connectivity index (χ0) is 24.3. The van der Waals surface area contributed by atoms with Crippen LogP contribution >= 0.6 is 23.2 Å². The topological polar surface area (TPSA) is 97.2 Å². The van der Waals surface area contributed by atoms with E-state index in [1.807, 2.05) is 36.4 Å². The van der Waals surface area contributed by atoms with Gasteiger partial charge in [-0.2, -0.15) is 0 Å². The standard InChI is InChI=1S/C26H18Cl2N2O5/c27-17-11-10-14(12-18(17)28)29-24(31)19-20-25(32)34-23-16-9-5-4-8-15(16)22(30-33)26(20,23)35-21(19)13-6-2-1-3-7-13/h1-12,19-21,23,33H,(H,29,31)/b30-22-. The van der Waals surface area contributed by atoms with Crippen LogP contribution in [0.4, 0.5) is 5.69 Å². The molecule has 1 spiro atoms. The lowest BCUT2D eigenvalue weighted by molar-refractivity contribution is -0.150. The van der Waals surface area contributed by atoms with Gasteiger partial charge in [-0.15, -0.1) is 0 Å². The summed E-state index contributed by atoms with van der Waals surface area (Å²) in [7, 11) is 0. The molecule has 35 heavy (non-hydrogen) atoms. The lowest BCUT2D eigenvalue weighted by Gasteiger charge is -2.26. The van der Waals surface area contributed by atoms with Crippen LogP contribution in [0.3, 0.4) is 0 Å². The van der Waals surface area contributed by atoms with Gasteiger partial charge < -0.3 is 20.0 Å². The predicted molar refractivity (Wildman–Crippen MR) is 129 cm³/mol. The summed E-state index contributed by atoms with van der Waals surface area (Å²) in [6.45, 7) is 0. The Balaban J connectivity index is 1.48. The van der Waals surface area contributed by atoms with E-state index in [2.05, 4.69) is 10.5 Å². The SMILES string of the molecule is O=C(Nc1ccc(Cl)c(Cl)c1)C1C(c2ccccc2)OC23/C(=N\O)c4ccccc4C2OC(=O)C13. The number of halogens is 2. The van der Waals surface area contributed by atoms with Crippen molar-refractivity contribution in [3.05, 3.63) is 99.5 Å². The third-order valence-corrected chi connectivity index (χ3v) is 7.67. The lowest BCUT2D eigenvalue weighted by Crippen LogP contribution is -2.45. The maximum Gasteiger partial charge on any atom is 0.314 e. The number of nitrogens with one attached hydrogen (secondary N) is 1. The van der Waals surface area contributed by atoms with Crippen LogP contribution in [0.5, 0.6) is 0 Å². The van der Waals surface area contributed by atoms with Crippen LogP contribution in [0.15, 0.2) is 78.0 Å². The highest BCUT2D eigenvalue weighted by atomic mass is 35.5. The Morgan fingerprint density at radius 2 is 1.74 bits per heavy atom. The van der Waals surface area contributed by atoms with Gasteiger partial charge in [-0.25, -0.2) is 0 Å². The van der Waals surface area contributed by atoms with Crippen LogP contribution in [0, 0.1) is 11.8 Å². The lowest BCUT2D eigenvalue weighted by atomic mass is 9.76. The van der Waals surface area contributed by atoms with Crippen molar-refractivity contribution in [2.24, 2.45) is 17.0 Å². The van der Waals surface area contributed by atoms with Gasteiger partial charge in [-0.3, -0.25) is 9.59 Å². The first-order chi connectivity index (χ1) is 17.0. The Morgan fingerprint density at radius 1 is 1.00 bits per heavy atom. The average Bonchev–Trinajstić information content (AvgIpc) is 3.44. The Bertz CT molecular complexity index is 1400. The van der Waals surface area contributed by atoms with Crippen molar-refractivity contribution < 1.29 is 24.3 Å². The van der Waals surface area contributed by atoms with Gasteiger partial charge in [-0.05, 0) is 23.8 Å². The fraction of sp³-hybridized carbons (Fsp3) is 0.192. The molecule has 2 fully saturated rings. The average molecular weight is 509 g/mol. The van der Waals surface area contributed by atoms with Crippen molar-refractivity contribution >= 4 is 46.5 Å². The number of fused-ring (bicyclic) bond motifs is 2. The second-order valence-corrected chi connectivity index (χ2v) is 9.53. The molecular weight excluding hydrogens is 491 g/mol. The van der Waals surface area contributed by atoms with E-state index in [9.17, 15) is 14.8 Å². The monoisotopic (exact) mass is 508 g/mol. The molecule has 5 atom stereocenters. The molecule has 3 aromatic rings. The summed E-state index contributed by atoms with van der Waals surface area (Å²) in [5, 5.41) is 17.1. The number of hydrogen-bond donors (Lipinski definition) is 2. The van der Waals surface area contributed by atoms with E-state index in [1.165, 1.54) is 6.07 Å². The maximum absolute atomic E-state index is 13.8. The number of carbonyl (C=O) groups is 2. The van der Waals surface area contributed by atoms with Gasteiger partial charge in [0.15, 0.2) is 11.7 Å². The number of anilines is 1. The molecule has 9 heteroatoms. The zero-order valence-electron chi connectivity index (χ0n) is 18.0. The molecule has 1 amide bonds. The predicted octanol–water partition coefficient (Wildman–Crippen LogP) is 5.16. The quantitative estimate of drug-likeness (QED) is 0.289. The Morgan fingerprint density at radius 3 is 2.49 bits per heavy atom. The smallest absolute Gasteiger partial charge is 0.314 e. The molecule has 0 radical (unpaired) electrons. The minimum atomic E-state index is -1.45. The summed E-state index contributed by atoms with van der Waals surface area (Å²) >= 11 is 12.1. The first-order valence-corrected chi connectivity index (χ1v) is 11.7. The number of ether oxygens (including phenoxy) is 2. The summed E-state index contributed by atoms with van der Waals surface area (Å²) in [5.41, 5.74) is 1.16. The number of hydrogen-bond acceptors (Lipinski definition) is 6. The summed E-state index contributed by atoms with van der Waals surface area (Å²) in [6, 6.07) is 21.1. The number of benzene rings is 3. The highest BCUT2D eigenvalue weighted by Gasteiger charge is 2.75. The van der Waals surface area contributed by atoms with E-state index >= 15 is 0 Å². The third-order valence-electron chi connectivity index (χ3n) is 6.93. The van der Waals surface area contributed by atoms with Crippen molar-refractivity contribution in [1.29, 1.82) is 0 Å². The Hall–Kier alpha value is -3.39. The van der Waals surface area contributed by atoms with E-state index in [1.54, 1.807) is 30.3 Å². The fourth-order valence-corrected chi connectivity index (χ4v) is 5.83. The minimum absolute atomic E-state index is 0.180. The molecule has 5 unspecified atom stereocenters. The van der Waals surface area contributed by atoms with Crippen LogP contribution < -0.4 is 5.32 Å². The van der Waals surface area contributed by atoms with Crippen LogP contribution in [-0.4, -0.2) is 28.4 Å². The van der Waals surface area contributed by atoms with Crippen LogP contribution in [-0.2, 0) is 19.1 Å². The van der Waals surface area contributed by atoms with Crippen molar-refractivity contribution in [3.63, 3.8) is 0 Å². The molecule has 2 aliphatic heterocycles. The van der Waals surface area contributed by atoms with Gasteiger partial charge in [0.2, 0.25) is 5.91 Å². The molecule has 2 saturated heterocycles. The number of rotatable bonds is 3. The zero-order valence-corrected chi connectivity index (χ0v) is 19.5. The Kier molecular flexibility index (Phi) is 5.11. The van der Waals surface area contributed by atoms with E-state index in [0.29, 0.717) is 27.4 Å². The number of amides is 1. The van der Waals surface area contributed by atoms with Crippen LogP contribution in [0.1, 0.15) is 28.9 Å². The second kappa shape index (κ2) is 8.09. The number of oxime groups is 1. The minimum Gasteiger partial charge on any atom is -0.454 e. The van der Waals surface area contributed by atoms with Gasteiger partial charge in [0, 0.05) is 16.8 Å². The highest BCUT2D eigenvalue weighted by Crippen LogP contribution is 2.63.